The Morgan fingerprint density at radius 2 is 1.89 bits per heavy atom. The van der Waals surface area contributed by atoms with E-state index in [9.17, 15) is 14.0 Å². The zero-order valence-electron chi connectivity index (χ0n) is 16.7. The molecule has 1 N–H and O–H groups in total. The molecule has 2 amide bonds. The van der Waals surface area contributed by atoms with Gasteiger partial charge >= 0.3 is 0 Å². The molecule has 1 saturated carbocycles. The molecule has 27 heavy (non-hydrogen) atoms. The number of carbonyl (C=O) groups excluding carboxylic acids is 2. The summed E-state index contributed by atoms with van der Waals surface area (Å²) >= 11 is 0. The minimum atomic E-state index is -0.766. The molecule has 0 atom stereocenters. The van der Waals surface area contributed by atoms with E-state index in [0.29, 0.717) is 64.0 Å². The molecular formula is C19H32FN5O2. The number of aryl methyl sites for hydroxylation is 1. The summed E-state index contributed by atoms with van der Waals surface area (Å²) in [4.78, 5) is 27.0. The number of hydrogen-bond acceptors (Lipinski definition) is 4. The average molecular weight is 381 g/mol. The number of hydrogen-bond donors (Lipinski definition) is 1. The van der Waals surface area contributed by atoms with Crippen LogP contribution in [0.2, 0.25) is 0 Å². The summed E-state index contributed by atoms with van der Waals surface area (Å²) in [6, 6.07) is 0. The maximum atomic E-state index is 13.3. The SMILES string of the molecule is CCCN(CCNC(=O)c1nnn(CC)c1CC)C(=O)C1CCC(F)CC1. The molecule has 2 rings (SSSR count). The van der Waals surface area contributed by atoms with Crippen LogP contribution in [0.4, 0.5) is 4.39 Å². The van der Waals surface area contributed by atoms with Crippen molar-refractivity contribution in [3.63, 3.8) is 0 Å². The Kier molecular flexibility index (Phi) is 8.19. The van der Waals surface area contributed by atoms with Crippen LogP contribution in [0.1, 0.15) is 69.1 Å². The van der Waals surface area contributed by atoms with Crippen molar-refractivity contribution in [2.24, 2.45) is 5.92 Å². The lowest BCUT2D eigenvalue weighted by atomic mass is 9.87. The molecule has 0 radical (unpaired) electrons. The fraction of sp³-hybridized carbons (Fsp3) is 0.789. The van der Waals surface area contributed by atoms with Gasteiger partial charge in [-0.1, -0.05) is 19.1 Å². The molecule has 1 heterocycles. The van der Waals surface area contributed by atoms with Crippen LogP contribution < -0.4 is 5.32 Å². The number of nitrogens with zero attached hydrogens (tertiary/aromatic N) is 4. The molecule has 152 valence electrons. The fourth-order valence-electron chi connectivity index (χ4n) is 3.66. The van der Waals surface area contributed by atoms with Crippen molar-refractivity contribution in [2.75, 3.05) is 19.6 Å². The van der Waals surface area contributed by atoms with Crippen molar-refractivity contribution in [2.45, 2.75) is 72.0 Å². The summed E-state index contributed by atoms with van der Waals surface area (Å²) in [5.74, 6) is -0.257. The number of halogens is 1. The van der Waals surface area contributed by atoms with Crippen molar-refractivity contribution < 1.29 is 14.0 Å². The van der Waals surface area contributed by atoms with Gasteiger partial charge in [0.1, 0.15) is 6.17 Å². The van der Waals surface area contributed by atoms with Gasteiger partial charge in [-0.2, -0.15) is 0 Å². The Bertz CT molecular complexity index is 626. The van der Waals surface area contributed by atoms with Crippen LogP contribution in [0.3, 0.4) is 0 Å². The van der Waals surface area contributed by atoms with Crippen molar-refractivity contribution in [1.82, 2.24) is 25.2 Å². The van der Waals surface area contributed by atoms with Gasteiger partial charge in [0.15, 0.2) is 5.69 Å². The molecule has 0 aliphatic heterocycles. The van der Waals surface area contributed by atoms with E-state index in [4.69, 9.17) is 0 Å². The Hall–Kier alpha value is -1.99. The highest BCUT2D eigenvalue weighted by atomic mass is 19.1. The van der Waals surface area contributed by atoms with Crippen molar-refractivity contribution in [1.29, 1.82) is 0 Å². The lowest BCUT2D eigenvalue weighted by molar-refractivity contribution is -0.136. The monoisotopic (exact) mass is 381 g/mol. The van der Waals surface area contributed by atoms with E-state index < -0.39 is 6.17 Å². The zero-order valence-corrected chi connectivity index (χ0v) is 16.7. The highest BCUT2D eigenvalue weighted by molar-refractivity contribution is 5.93. The molecule has 0 unspecified atom stereocenters. The molecule has 7 nitrogen and oxygen atoms in total. The van der Waals surface area contributed by atoms with E-state index in [-0.39, 0.29) is 17.7 Å². The number of amides is 2. The lowest BCUT2D eigenvalue weighted by Gasteiger charge is -2.30. The maximum Gasteiger partial charge on any atom is 0.273 e. The minimum Gasteiger partial charge on any atom is -0.349 e. The molecular weight excluding hydrogens is 349 g/mol. The molecule has 1 fully saturated rings. The highest BCUT2D eigenvalue weighted by Crippen LogP contribution is 2.27. The Morgan fingerprint density at radius 3 is 2.48 bits per heavy atom. The van der Waals surface area contributed by atoms with Gasteiger partial charge in [0, 0.05) is 32.1 Å². The van der Waals surface area contributed by atoms with Crippen LogP contribution in [0.5, 0.6) is 0 Å². The van der Waals surface area contributed by atoms with Gasteiger partial charge in [0.05, 0.1) is 5.69 Å². The summed E-state index contributed by atoms with van der Waals surface area (Å²) in [6.45, 7) is 8.09. The van der Waals surface area contributed by atoms with Crippen molar-refractivity contribution in [3.8, 4) is 0 Å². The number of nitrogens with one attached hydrogen (secondary N) is 1. The van der Waals surface area contributed by atoms with Crippen LogP contribution in [0.15, 0.2) is 0 Å². The first-order valence-electron chi connectivity index (χ1n) is 10.1. The van der Waals surface area contributed by atoms with Gasteiger partial charge in [-0.25, -0.2) is 9.07 Å². The predicted molar refractivity (Wildman–Crippen MR) is 101 cm³/mol. The van der Waals surface area contributed by atoms with Crippen LogP contribution in [-0.2, 0) is 17.8 Å². The standard InChI is InChI=1S/C19H32FN5O2/c1-4-12-24(19(27)14-7-9-15(20)10-8-14)13-11-21-18(26)17-16(5-2)25(6-3)23-22-17/h14-15H,4-13H2,1-3H3,(H,21,26). The average Bonchev–Trinajstić information content (AvgIpc) is 3.10. The Balaban J connectivity index is 1.89. The van der Waals surface area contributed by atoms with E-state index in [0.717, 1.165) is 12.1 Å². The van der Waals surface area contributed by atoms with E-state index in [1.165, 1.54) is 0 Å². The van der Waals surface area contributed by atoms with Gasteiger partial charge < -0.3 is 10.2 Å². The molecule has 1 aromatic rings. The number of carbonyl (C=O) groups is 2. The van der Waals surface area contributed by atoms with Gasteiger partial charge in [-0.3, -0.25) is 9.59 Å². The minimum absolute atomic E-state index is 0.0872. The second-order valence-electron chi connectivity index (χ2n) is 7.08. The molecule has 1 aliphatic carbocycles. The molecule has 0 saturated heterocycles. The topological polar surface area (TPSA) is 80.1 Å². The number of rotatable bonds is 9. The molecule has 8 heteroatoms. The largest absolute Gasteiger partial charge is 0.349 e. The number of alkyl halides is 1. The summed E-state index contributed by atoms with van der Waals surface area (Å²) < 4.78 is 15.1. The van der Waals surface area contributed by atoms with Crippen LogP contribution in [-0.4, -0.2) is 57.5 Å². The normalized spacial score (nSPS) is 19.7. The van der Waals surface area contributed by atoms with E-state index in [1.54, 1.807) is 9.58 Å². The van der Waals surface area contributed by atoms with Gasteiger partial charge in [-0.05, 0) is 45.4 Å². The first kappa shape index (κ1) is 21.3. The maximum absolute atomic E-state index is 13.3. The van der Waals surface area contributed by atoms with E-state index >= 15 is 0 Å². The second kappa shape index (κ2) is 10.4. The highest BCUT2D eigenvalue weighted by Gasteiger charge is 2.29. The third-order valence-electron chi connectivity index (χ3n) is 5.17. The molecule has 1 aliphatic rings. The van der Waals surface area contributed by atoms with Crippen LogP contribution in [0.25, 0.3) is 0 Å². The first-order valence-corrected chi connectivity index (χ1v) is 10.1. The predicted octanol–water partition coefficient (Wildman–Crippen LogP) is 2.36. The summed E-state index contributed by atoms with van der Waals surface area (Å²) in [5, 5.41) is 10.9. The molecule has 0 bridgehead atoms. The first-order chi connectivity index (χ1) is 13.0. The molecule has 1 aromatic heterocycles. The number of aromatic nitrogens is 3. The van der Waals surface area contributed by atoms with Crippen molar-refractivity contribution >= 4 is 11.8 Å². The summed E-state index contributed by atoms with van der Waals surface area (Å²) in [6.07, 6.45) is 2.95. The van der Waals surface area contributed by atoms with Gasteiger partial charge in [0.2, 0.25) is 5.91 Å². The smallest absolute Gasteiger partial charge is 0.273 e. The van der Waals surface area contributed by atoms with Gasteiger partial charge in [-0.15, -0.1) is 5.10 Å². The third kappa shape index (κ3) is 5.49. The van der Waals surface area contributed by atoms with Crippen LogP contribution >= 0.6 is 0 Å². The fourth-order valence-corrected chi connectivity index (χ4v) is 3.66. The van der Waals surface area contributed by atoms with Gasteiger partial charge in [0.25, 0.3) is 5.91 Å². The Morgan fingerprint density at radius 1 is 1.19 bits per heavy atom. The lowest BCUT2D eigenvalue weighted by Crippen LogP contribution is -2.43. The zero-order chi connectivity index (χ0) is 19.8. The second-order valence-corrected chi connectivity index (χ2v) is 7.08. The van der Waals surface area contributed by atoms with Crippen molar-refractivity contribution in [3.05, 3.63) is 11.4 Å². The van der Waals surface area contributed by atoms with E-state index in [2.05, 4.69) is 15.6 Å². The quantitative estimate of drug-likeness (QED) is 0.712. The molecule has 0 aromatic carbocycles. The van der Waals surface area contributed by atoms with Crippen LogP contribution in [0, 0.1) is 5.92 Å². The van der Waals surface area contributed by atoms with E-state index in [1.807, 2.05) is 20.8 Å². The Labute approximate surface area is 160 Å². The summed E-state index contributed by atoms with van der Waals surface area (Å²) in [7, 11) is 0. The third-order valence-corrected chi connectivity index (χ3v) is 5.17. The molecule has 0 spiro atoms. The summed E-state index contributed by atoms with van der Waals surface area (Å²) in [5.41, 5.74) is 1.17.